The number of carboxylic acids is 1. The van der Waals surface area contributed by atoms with Crippen molar-refractivity contribution in [2.24, 2.45) is 5.73 Å². The lowest BCUT2D eigenvalue weighted by Gasteiger charge is -2.08. The number of carboxylic acid groups (broad SMARTS) is 1. The molecule has 0 aromatic heterocycles. The third-order valence-electron chi connectivity index (χ3n) is 1.97. The Morgan fingerprint density at radius 3 is 2.73 bits per heavy atom. The fourth-order valence-corrected chi connectivity index (χ4v) is 1.33. The highest BCUT2D eigenvalue weighted by molar-refractivity contribution is 5.91. The molecule has 0 bridgehead atoms. The maximum atomic E-state index is 13.4. The molecule has 0 saturated carbocycles. The predicted octanol–water partition coefficient (Wildman–Crippen LogP) is 1.03. The maximum Gasteiger partial charge on any atom is 0.339 e. The van der Waals surface area contributed by atoms with E-state index in [1.807, 2.05) is 0 Å². The quantitative estimate of drug-likeness (QED) is 0.783. The summed E-state index contributed by atoms with van der Waals surface area (Å²) >= 11 is 0. The number of nitrogens with two attached hydrogens (primary N) is 1. The molecule has 0 unspecified atom stereocenters. The Bertz CT molecular complexity index is 379. The van der Waals surface area contributed by atoms with Gasteiger partial charge in [0.2, 0.25) is 0 Å². The summed E-state index contributed by atoms with van der Waals surface area (Å²) in [7, 11) is 1.23. The summed E-state index contributed by atoms with van der Waals surface area (Å²) in [6.45, 7) is 0.338. The molecule has 5 heteroatoms. The molecule has 1 aromatic rings. The van der Waals surface area contributed by atoms with Gasteiger partial charge in [-0.25, -0.2) is 9.18 Å². The van der Waals surface area contributed by atoms with Crippen LogP contribution in [0.1, 0.15) is 15.9 Å². The highest BCUT2D eigenvalue weighted by atomic mass is 19.1. The Morgan fingerprint density at radius 2 is 2.27 bits per heavy atom. The van der Waals surface area contributed by atoms with Crippen LogP contribution in [0.15, 0.2) is 12.1 Å². The topological polar surface area (TPSA) is 72.5 Å². The summed E-state index contributed by atoms with van der Waals surface area (Å²) < 4.78 is 18.0. The van der Waals surface area contributed by atoms with Crippen molar-refractivity contribution in [1.29, 1.82) is 0 Å². The standard InChI is InChI=1S/C10H12FNO3/c1-15-9-7(10(13)14)4-6(2-3-12)5-8(9)11/h4-5H,2-3,12H2,1H3,(H,13,14). The Kier molecular flexibility index (Phi) is 3.62. The minimum atomic E-state index is -1.22. The Balaban J connectivity index is 3.25. The van der Waals surface area contributed by atoms with Crippen molar-refractivity contribution in [1.82, 2.24) is 0 Å². The second-order valence-corrected chi connectivity index (χ2v) is 3.00. The fourth-order valence-electron chi connectivity index (χ4n) is 1.33. The zero-order chi connectivity index (χ0) is 11.4. The number of benzene rings is 1. The number of halogens is 1. The molecule has 0 amide bonds. The van der Waals surface area contributed by atoms with Crippen molar-refractivity contribution in [3.05, 3.63) is 29.1 Å². The Labute approximate surface area is 86.5 Å². The van der Waals surface area contributed by atoms with E-state index in [9.17, 15) is 9.18 Å². The van der Waals surface area contributed by atoms with Gasteiger partial charge in [-0.2, -0.15) is 0 Å². The first-order valence-electron chi connectivity index (χ1n) is 4.40. The number of carbonyl (C=O) groups is 1. The predicted molar refractivity (Wildman–Crippen MR) is 52.7 cm³/mol. The van der Waals surface area contributed by atoms with Crippen molar-refractivity contribution in [2.45, 2.75) is 6.42 Å². The van der Waals surface area contributed by atoms with E-state index in [4.69, 9.17) is 10.8 Å². The smallest absolute Gasteiger partial charge is 0.339 e. The van der Waals surface area contributed by atoms with Crippen LogP contribution in [-0.4, -0.2) is 24.7 Å². The number of hydrogen-bond acceptors (Lipinski definition) is 3. The van der Waals surface area contributed by atoms with Gasteiger partial charge in [-0.3, -0.25) is 0 Å². The average Bonchev–Trinajstić information content (AvgIpc) is 2.17. The number of methoxy groups -OCH3 is 1. The molecule has 0 aliphatic heterocycles. The maximum absolute atomic E-state index is 13.4. The highest BCUT2D eigenvalue weighted by Crippen LogP contribution is 2.24. The molecule has 0 fully saturated rings. The molecule has 0 heterocycles. The molecule has 0 atom stereocenters. The molecule has 0 aliphatic rings. The Morgan fingerprint density at radius 1 is 1.60 bits per heavy atom. The monoisotopic (exact) mass is 213 g/mol. The van der Waals surface area contributed by atoms with Gasteiger partial charge in [0.15, 0.2) is 11.6 Å². The zero-order valence-corrected chi connectivity index (χ0v) is 8.29. The second kappa shape index (κ2) is 4.75. The summed E-state index contributed by atoms with van der Waals surface area (Å²) in [5.41, 5.74) is 5.68. The summed E-state index contributed by atoms with van der Waals surface area (Å²) in [6.07, 6.45) is 0.432. The van der Waals surface area contributed by atoms with Gasteiger partial charge in [0.25, 0.3) is 0 Å². The van der Waals surface area contributed by atoms with Gasteiger partial charge in [-0.05, 0) is 30.7 Å². The molecular formula is C10H12FNO3. The number of hydrogen-bond donors (Lipinski definition) is 2. The molecule has 0 aliphatic carbocycles. The number of ether oxygens (including phenoxy) is 1. The van der Waals surface area contributed by atoms with E-state index in [-0.39, 0.29) is 11.3 Å². The van der Waals surface area contributed by atoms with Crippen LogP contribution in [0.3, 0.4) is 0 Å². The van der Waals surface area contributed by atoms with E-state index in [1.54, 1.807) is 0 Å². The van der Waals surface area contributed by atoms with Crippen LogP contribution >= 0.6 is 0 Å². The van der Waals surface area contributed by atoms with Gasteiger partial charge in [0.05, 0.1) is 7.11 Å². The number of rotatable bonds is 4. The molecule has 0 spiro atoms. The minimum absolute atomic E-state index is 0.180. The molecule has 0 saturated heterocycles. The van der Waals surface area contributed by atoms with E-state index < -0.39 is 11.8 Å². The molecular weight excluding hydrogens is 201 g/mol. The molecule has 3 N–H and O–H groups in total. The summed E-state index contributed by atoms with van der Waals surface area (Å²) in [6, 6.07) is 2.61. The zero-order valence-electron chi connectivity index (χ0n) is 8.29. The van der Waals surface area contributed by atoms with E-state index in [0.717, 1.165) is 0 Å². The molecule has 15 heavy (non-hydrogen) atoms. The molecule has 0 radical (unpaired) electrons. The third-order valence-corrected chi connectivity index (χ3v) is 1.97. The van der Waals surface area contributed by atoms with Gasteiger partial charge in [0.1, 0.15) is 5.56 Å². The van der Waals surface area contributed by atoms with Crippen LogP contribution in [0.2, 0.25) is 0 Å². The van der Waals surface area contributed by atoms with Crippen LogP contribution in [0.25, 0.3) is 0 Å². The van der Waals surface area contributed by atoms with Crippen molar-refractivity contribution in [3.63, 3.8) is 0 Å². The Hall–Kier alpha value is -1.62. The SMILES string of the molecule is COc1c(F)cc(CCN)cc1C(=O)O. The first-order chi connectivity index (χ1) is 7.10. The molecule has 4 nitrogen and oxygen atoms in total. The molecule has 82 valence electrons. The minimum Gasteiger partial charge on any atom is -0.493 e. The summed E-state index contributed by atoms with van der Waals surface area (Å²) in [5, 5.41) is 8.84. The van der Waals surface area contributed by atoms with Gasteiger partial charge >= 0.3 is 5.97 Å². The van der Waals surface area contributed by atoms with Gasteiger partial charge in [-0.15, -0.1) is 0 Å². The molecule has 1 aromatic carbocycles. The van der Waals surface area contributed by atoms with Crippen LogP contribution in [0.4, 0.5) is 4.39 Å². The average molecular weight is 213 g/mol. The van der Waals surface area contributed by atoms with E-state index in [2.05, 4.69) is 4.74 Å². The van der Waals surface area contributed by atoms with Crippen molar-refractivity contribution in [3.8, 4) is 5.75 Å². The fraction of sp³-hybridized carbons (Fsp3) is 0.300. The lowest BCUT2D eigenvalue weighted by molar-refractivity contribution is 0.0692. The third kappa shape index (κ3) is 2.44. The van der Waals surface area contributed by atoms with Gasteiger partial charge < -0.3 is 15.6 Å². The van der Waals surface area contributed by atoms with Gasteiger partial charge in [-0.1, -0.05) is 0 Å². The highest BCUT2D eigenvalue weighted by Gasteiger charge is 2.16. The van der Waals surface area contributed by atoms with Crippen molar-refractivity contribution >= 4 is 5.97 Å². The van der Waals surface area contributed by atoms with Crippen LogP contribution in [0.5, 0.6) is 5.75 Å². The second-order valence-electron chi connectivity index (χ2n) is 3.00. The van der Waals surface area contributed by atoms with E-state index in [1.165, 1.54) is 19.2 Å². The lowest BCUT2D eigenvalue weighted by Crippen LogP contribution is -2.07. The van der Waals surface area contributed by atoms with Gasteiger partial charge in [0, 0.05) is 0 Å². The summed E-state index contributed by atoms with van der Waals surface area (Å²) in [4.78, 5) is 10.8. The van der Waals surface area contributed by atoms with Crippen LogP contribution in [0, 0.1) is 5.82 Å². The first kappa shape index (κ1) is 11.5. The van der Waals surface area contributed by atoms with E-state index in [0.29, 0.717) is 18.5 Å². The first-order valence-corrected chi connectivity index (χ1v) is 4.40. The lowest BCUT2D eigenvalue weighted by atomic mass is 10.1. The normalized spacial score (nSPS) is 10.1. The van der Waals surface area contributed by atoms with E-state index >= 15 is 0 Å². The van der Waals surface area contributed by atoms with Crippen LogP contribution in [-0.2, 0) is 6.42 Å². The largest absolute Gasteiger partial charge is 0.493 e. The molecule has 1 rings (SSSR count). The van der Waals surface area contributed by atoms with Crippen LogP contribution < -0.4 is 10.5 Å². The van der Waals surface area contributed by atoms with Crippen molar-refractivity contribution in [2.75, 3.05) is 13.7 Å². The van der Waals surface area contributed by atoms with Crippen molar-refractivity contribution < 1.29 is 19.0 Å². The summed E-state index contributed by atoms with van der Waals surface area (Å²) in [5.74, 6) is -2.14. The number of aromatic carboxylic acids is 1.